The first-order valence-corrected chi connectivity index (χ1v) is 9.56. The topological polar surface area (TPSA) is 73.3 Å². The zero-order chi connectivity index (χ0) is 18.8. The van der Waals surface area contributed by atoms with E-state index in [1.165, 1.54) is 18.4 Å². The number of fused-ring (bicyclic) bond motifs is 2. The predicted octanol–water partition coefficient (Wildman–Crippen LogP) is 2.54. The van der Waals surface area contributed by atoms with Crippen molar-refractivity contribution in [2.24, 2.45) is 5.92 Å². The second-order valence-electron chi connectivity index (χ2n) is 7.26. The van der Waals surface area contributed by atoms with Crippen molar-refractivity contribution in [1.29, 1.82) is 0 Å². The lowest BCUT2D eigenvalue weighted by Crippen LogP contribution is -2.37. The minimum atomic E-state index is -0.204. The molecule has 4 rings (SSSR count). The van der Waals surface area contributed by atoms with Gasteiger partial charge in [0.2, 0.25) is 5.91 Å². The molecule has 1 N–H and O–H groups in total. The van der Waals surface area contributed by atoms with Gasteiger partial charge in [-0.2, -0.15) is 0 Å². The maximum atomic E-state index is 12.6. The number of carbonyl (C=O) groups is 1. The quantitative estimate of drug-likeness (QED) is 0.899. The van der Waals surface area contributed by atoms with Crippen LogP contribution in [0.4, 0.5) is 0 Å². The van der Waals surface area contributed by atoms with Crippen LogP contribution in [0.3, 0.4) is 0 Å². The highest BCUT2D eigenvalue weighted by atomic mass is 16.5. The van der Waals surface area contributed by atoms with Crippen LogP contribution in [0.5, 0.6) is 11.5 Å². The summed E-state index contributed by atoms with van der Waals surface area (Å²) in [6.45, 7) is 2.77. The Labute approximate surface area is 159 Å². The summed E-state index contributed by atoms with van der Waals surface area (Å²) >= 11 is 0. The number of amides is 1. The number of hydrogen-bond acceptors (Lipinski definition) is 5. The number of rotatable bonds is 4. The summed E-state index contributed by atoms with van der Waals surface area (Å²) in [4.78, 5) is 21.9. The fourth-order valence-corrected chi connectivity index (χ4v) is 3.88. The van der Waals surface area contributed by atoms with Crippen LogP contribution < -0.4 is 14.8 Å². The molecule has 2 heterocycles. The number of aromatic nitrogens is 2. The van der Waals surface area contributed by atoms with Gasteiger partial charge in [-0.3, -0.25) is 4.79 Å². The van der Waals surface area contributed by atoms with Crippen molar-refractivity contribution in [2.75, 3.05) is 13.7 Å². The third-order valence-corrected chi connectivity index (χ3v) is 5.41. The molecule has 6 heteroatoms. The van der Waals surface area contributed by atoms with Crippen LogP contribution in [0.25, 0.3) is 0 Å². The Bertz CT molecular complexity index is 866. The molecule has 142 valence electrons. The summed E-state index contributed by atoms with van der Waals surface area (Å²) in [6, 6.07) is 5.73. The van der Waals surface area contributed by atoms with Crippen molar-refractivity contribution in [3.05, 3.63) is 46.5 Å². The van der Waals surface area contributed by atoms with E-state index in [1.54, 1.807) is 7.11 Å². The molecule has 1 aromatic carbocycles. The third kappa shape index (κ3) is 3.75. The predicted molar refractivity (Wildman–Crippen MR) is 101 cm³/mol. The maximum Gasteiger partial charge on any atom is 0.227 e. The number of methoxy groups -OCH3 is 1. The summed E-state index contributed by atoms with van der Waals surface area (Å²) in [7, 11) is 1.63. The Hall–Kier alpha value is -2.63. The molecule has 0 saturated carbocycles. The van der Waals surface area contributed by atoms with Crippen LogP contribution in [-0.2, 0) is 30.6 Å². The van der Waals surface area contributed by atoms with E-state index in [2.05, 4.69) is 15.3 Å². The highest BCUT2D eigenvalue weighted by molar-refractivity contribution is 5.79. The van der Waals surface area contributed by atoms with Gasteiger partial charge in [0.1, 0.15) is 23.9 Å². The van der Waals surface area contributed by atoms with Crippen LogP contribution in [0, 0.1) is 12.8 Å². The van der Waals surface area contributed by atoms with Crippen molar-refractivity contribution in [1.82, 2.24) is 15.3 Å². The third-order valence-electron chi connectivity index (χ3n) is 5.41. The molecule has 0 unspecified atom stereocenters. The Morgan fingerprint density at radius 3 is 3.00 bits per heavy atom. The molecule has 0 spiro atoms. The summed E-state index contributed by atoms with van der Waals surface area (Å²) in [6.07, 6.45) is 5.13. The Kier molecular flexibility index (Phi) is 4.97. The smallest absolute Gasteiger partial charge is 0.227 e. The van der Waals surface area contributed by atoms with E-state index in [9.17, 15) is 4.79 Å². The average Bonchev–Trinajstić information content (AvgIpc) is 2.71. The van der Waals surface area contributed by atoms with Gasteiger partial charge in [-0.25, -0.2) is 9.97 Å². The van der Waals surface area contributed by atoms with E-state index in [0.29, 0.717) is 25.4 Å². The van der Waals surface area contributed by atoms with Crippen LogP contribution in [0.2, 0.25) is 0 Å². The fourth-order valence-electron chi connectivity index (χ4n) is 3.88. The molecule has 2 aromatic rings. The van der Waals surface area contributed by atoms with Gasteiger partial charge in [-0.05, 0) is 56.2 Å². The van der Waals surface area contributed by atoms with Gasteiger partial charge in [-0.15, -0.1) is 0 Å². The van der Waals surface area contributed by atoms with Crippen molar-refractivity contribution < 1.29 is 14.3 Å². The lowest BCUT2D eigenvalue weighted by Gasteiger charge is -2.25. The van der Waals surface area contributed by atoms with E-state index in [-0.39, 0.29) is 11.8 Å². The molecule has 6 nitrogen and oxygen atoms in total. The Morgan fingerprint density at radius 1 is 1.30 bits per heavy atom. The monoisotopic (exact) mass is 367 g/mol. The molecular formula is C21H25N3O3. The molecule has 27 heavy (non-hydrogen) atoms. The summed E-state index contributed by atoms with van der Waals surface area (Å²) in [5.41, 5.74) is 4.53. The lowest BCUT2D eigenvalue weighted by atomic mass is 9.95. The van der Waals surface area contributed by atoms with Crippen molar-refractivity contribution in [3.8, 4) is 11.5 Å². The standard InChI is InChI=1S/C21H25N3O3/c1-13-17-5-3-4-6-18(17)24-20(23-13)11-22-21(25)15-9-14-7-8-16(26-2)10-19(14)27-12-15/h7-8,10,15H,3-6,9,11-12H2,1-2H3,(H,22,25)/t15-/m1/s1. The summed E-state index contributed by atoms with van der Waals surface area (Å²) < 4.78 is 11.0. The second-order valence-corrected chi connectivity index (χ2v) is 7.26. The molecule has 0 bridgehead atoms. The number of aryl methyl sites for hydroxylation is 2. The lowest BCUT2D eigenvalue weighted by molar-refractivity contribution is -0.126. The fraction of sp³-hybridized carbons (Fsp3) is 0.476. The zero-order valence-corrected chi connectivity index (χ0v) is 15.9. The van der Waals surface area contributed by atoms with E-state index in [4.69, 9.17) is 9.47 Å². The molecule has 0 radical (unpaired) electrons. The maximum absolute atomic E-state index is 12.6. The number of nitrogens with zero attached hydrogens (tertiary/aromatic N) is 2. The van der Waals surface area contributed by atoms with Crippen molar-refractivity contribution >= 4 is 5.91 Å². The normalized spacial score (nSPS) is 18.1. The van der Waals surface area contributed by atoms with Gasteiger partial charge in [0.05, 0.1) is 19.6 Å². The highest BCUT2D eigenvalue weighted by Crippen LogP contribution is 2.31. The van der Waals surface area contributed by atoms with E-state index < -0.39 is 0 Å². The van der Waals surface area contributed by atoms with Crippen LogP contribution >= 0.6 is 0 Å². The van der Waals surface area contributed by atoms with Crippen LogP contribution in [-0.4, -0.2) is 29.6 Å². The van der Waals surface area contributed by atoms with Crippen molar-refractivity contribution in [3.63, 3.8) is 0 Å². The molecular weight excluding hydrogens is 342 g/mol. The van der Waals surface area contributed by atoms with Gasteiger partial charge in [0.15, 0.2) is 0 Å². The largest absolute Gasteiger partial charge is 0.497 e. The first-order chi connectivity index (χ1) is 13.1. The number of ether oxygens (including phenoxy) is 2. The number of hydrogen-bond donors (Lipinski definition) is 1. The summed E-state index contributed by atoms with van der Waals surface area (Å²) in [5, 5.41) is 2.99. The number of carbonyl (C=O) groups excluding carboxylic acids is 1. The zero-order valence-electron chi connectivity index (χ0n) is 15.9. The van der Waals surface area contributed by atoms with E-state index in [1.807, 2.05) is 25.1 Å². The molecule has 1 aromatic heterocycles. The summed E-state index contributed by atoms with van der Waals surface area (Å²) in [5.74, 6) is 2.03. The SMILES string of the molecule is COc1ccc2c(c1)OC[C@H](C(=O)NCc1nc(C)c3c(n1)CCCC3)C2. The highest BCUT2D eigenvalue weighted by Gasteiger charge is 2.26. The Morgan fingerprint density at radius 2 is 2.15 bits per heavy atom. The minimum absolute atomic E-state index is 0.0181. The molecule has 0 saturated heterocycles. The molecule has 1 aliphatic carbocycles. The van der Waals surface area contributed by atoms with Gasteiger partial charge in [-0.1, -0.05) is 6.07 Å². The average molecular weight is 367 g/mol. The first kappa shape index (κ1) is 17.8. The van der Waals surface area contributed by atoms with Crippen molar-refractivity contribution in [2.45, 2.75) is 45.6 Å². The van der Waals surface area contributed by atoms with Gasteiger partial charge in [0.25, 0.3) is 0 Å². The minimum Gasteiger partial charge on any atom is -0.497 e. The molecule has 1 aliphatic heterocycles. The molecule has 1 atom stereocenters. The molecule has 1 amide bonds. The van der Waals surface area contributed by atoms with Gasteiger partial charge in [0, 0.05) is 17.5 Å². The molecule has 2 aliphatic rings. The van der Waals surface area contributed by atoms with Gasteiger partial charge >= 0.3 is 0 Å². The number of benzene rings is 1. The molecule has 0 fully saturated rings. The second kappa shape index (κ2) is 7.55. The number of nitrogens with one attached hydrogen (secondary N) is 1. The Balaban J connectivity index is 1.39. The van der Waals surface area contributed by atoms with E-state index >= 15 is 0 Å². The van der Waals surface area contributed by atoms with Gasteiger partial charge < -0.3 is 14.8 Å². The van der Waals surface area contributed by atoms with E-state index in [0.717, 1.165) is 41.3 Å². The first-order valence-electron chi connectivity index (χ1n) is 9.56. The van der Waals surface area contributed by atoms with Crippen LogP contribution in [0.15, 0.2) is 18.2 Å². The van der Waals surface area contributed by atoms with Crippen LogP contribution in [0.1, 0.15) is 41.2 Å².